The van der Waals surface area contributed by atoms with Gasteiger partial charge in [0.05, 0.1) is 10.9 Å². The quantitative estimate of drug-likeness (QED) is 0.566. The van der Waals surface area contributed by atoms with Gasteiger partial charge in [-0.05, 0) is 93.1 Å². The van der Waals surface area contributed by atoms with Gasteiger partial charge >= 0.3 is 5.97 Å². The fraction of sp³-hybridized carbons (Fsp3) is 0.370. The molecular formula is C27H29FN2O4. The van der Waals surface area contributed by atoms with Crippen molar-refractivity contribution < 1.29 is 23.8 Å². The summed E-state index contributed by atoms with van der Waals surface area (Å²) in [5, 5.41) is 10.4. The number of fused-ring (bicyclic) bond motifs is 1. The Kier molecular flexibility index (Phi) is 6.30. The van der Waals surface area contributed by atoms with Gasteiger partial charge in [-0.1, -0.05) is 0 Å². The molecule has 7 heteroatoms. The molecule has 1 fully saturated rings. The second kappa shape index (κ2) is 9.05. The van der Waals surface area contributed by atoms with E-state index in [1.165, 1.54) is 12.1 Å². The highest BCUT2D eigenvalue weighted by Gasteiger charge is 2.40. The predicted molar refractivity (Wildman–Crippen MR) is 128 cm³/mol. The van der Waals surface area contributed by atoms with Crippen LogP contribution in [-0.2, 0) is 9.59 Å². The summed E-state index contributed by atoms with van der Waals surface area (Å²) in [7, 11) is 0. The molecule has 0 aliphatic carbocycles. The van der Waals surface area contributed by atoms with Crippen molar-refractivity contribution in [3.63, 3.8) is 0 Å². The normalized spacial score (nSPS) is 19.1. The summed E-state index contributed by atoms with van der Waals surface area (Å²) < 4.78 is 19.8. The number of carboxylic acid groups (broad SMARTS) is 1. The van der Waals surface area contributed by atoms with E-state index in [2.05, 4.69) is 4.98 Å². The van der Waals surface area contributed by atoms with Gasteiger partial charge in [0.2, 0.25) is 0 Å². The number of nitrogens with zero attached hydrogens (tertiary/aromatic N) is 2. The summed E-state index contributed by atoms with van der Waals surface area (Å²) in [6.45, 7) is 7.82. The standard InChI is InChI=1S/C27H29FN2O4/c1-16-12-19(28)13-17(2)24(16)22-8-10-29-23-14-20(6-7-21(22)23)34-18(3)25(31)30-11-5-9-27(4,15-30)26(32)33/h6-8,10,12-14,18H,5,9,11,15H2,1-4H3,(H,32,33)/t18?,27-/m0/s1. The zero-order valence-corrected chi connectivity index (χ0v) is 19.9. The SMILES string of the molecule is Cc1cc(F)cc(C)c1-c1ccnc2cc(OC(C)C(=O)N3CCC[C@](C)(C(=O)O)C3)ccc12. The number of carboxylic acids is 1. The molecule has 1 saturated heterocycles. The number of pyridine rings is 1. The van der Waals surface area contributed by atoms with Gasteiger partial charge in [-0.3, -0.25) is 14.6 Å². The largest absolute Gasteiger partial charge is 0.481 e. The Morgan fingerprint density at radius 3 is 2.56 bits per heavy atom. The van der Waals surface area contributed by atoms with Crippen LogP contribution < -0.4 is 4.74 Å². The maximum absolute atomic E-state index is 13.8. The predicted octanol–water partition coefficient (Wildman–Crippen LogP) is 5.14. The Hall–Kier alpha value is -3.48. The molecule has 1 unspecified atom stereocenters. The third-order valence-corrected chi connectivity index (χ3v) is 6.67. The van der Waals surface area contributed by atoms with Crippen LogP contribution in [0, 0.1) is 25.1 Å². The number of aryl methyl sites for hydroxylation is 2. The average molecular weight is 465 g/mol. The van der Waals surface area contributed by atoms with E-state index in [9.17, 15) is 19.1 Å². The molecule has 4 rings (SSSR count). The second-order valence-electron chi connectivity index (χ2n) is 9.44. The van der Waals surface area contributed by atoms with Crippen molar-refractivity contribution in [2.45, 2.75) is 46.6 Å². The lowest BCUT2D eigenvalue weighted by molar-refractivity contribution is -0.155. The van der Waals surface area contributed by atoms with E-state index in [1.54, 1.807) is 37.1 Å². The van der Waals surface area contributed by atoms with Gasteiger partial charge in [-0.15, -0.1) is 0 Å². The Bertz CT molecular complexity index is 1250. The summed E-state index contributed by atoms with van der Waals surface area (Å²) >= 11 is 0. The highest BCUT2D eigenvalue weighted by Crippen LogP contribution is 2.35. The molecule has 1 amide bonds. The summed E-state index contributed by atoms with van der Waals surface area (Å²) in [4.78, 5) is 30.7. The minimum atomic E-state index is -0.937. The van der Waals surface area contributed by atoms with Crippen molar-refractivity contribution in [2.24, 2.45) is 5.41 Å². The summed E-state index contributed by atoms with van der Waals surface area (Å²) in [6, 6.07) is 10.4. The van der Waals surface area contributed by atoms with Crippen molar-refractivity contribution in [3.8, 4) is 16.9 Å². The molecule has 1 aromatic heterocycles. The van der Waals surface area contributed by atoms with E-state index in [0.717, 1.165) is 27.6 Å². The van der Waals surface area contributed by atoms with Crippen LogP contribution in [-0.4, -0.2) is 46.1 Å². The summed E-state index contributed by atoms with van der Waals surface area (Å²) in [5.41, 5.74) is 3.38. The maximum atomic E-state index is 13.8. The highest BCUT2D eigenvalue weighted by molar-refractivity contribution is 5.96. The van der Waals surface area contributed by atoms with Crippen LogP contribution in [0.3, 0.4) is 0 Å². The number of aliphatic carboxylic acids is 1. The molecule has 178 valence electrons. The van der Waals surface area contributed by atoms with Crippen molar-refractivity contribution in [2.75, 3.05) is 13.1 Å². The third-order valence-electron chi connectivity index (χ3n) is 6.67. The number of rotatable bonds is 5. The molecule has 0 bridgehead atoms. The highest BCUT2D eigenvalue weighted by atomic mass is 19.1. The van der Waals surface area contributed by atoms with E-state index in [0.29, 0.717) is 30.7 Å². The first kappa shape index (κ1) is 23.7. The van der Waals surface area contributed by atoms with Gasteiger partial charge in [-0.25, -0.2) is 4.39 Å². The van der Waals surface area contributed by atoms with Crippen molar-refractivity contribution in [3.05, 3.63) is 59.5 Å². The molecule has 0 spiro atoms. The zero-order valence-electron chi connectivity index (χ0n) is 19.9. The smallest absolute Gasteiger partial charge is 0.311 e. The van der Waals surface area contributed by atoms with Gasteiger partial charge in [0.25, 0.3) is 5.91 Å². The molecule has 3 aromatic rings. The molecule has 34 heavy (non-hydrogen) atoms. The zero-order chi connectivity index (χ0) is 24.6. The Morgan fingerprint density at radius 2 is 1.88 bits per heavy atom. The van der Waals surface area contributed by atoms with Gasteiger partial charge in [-0.2, -0.15) is 0 Å². The Morgan fingerprint density at radius 1 is 1.18 bits per heavy atom. The van der Waals surface area contributed by atoms with Crippen molar-refractivity contribution in [1.29, 1.82) is 0 Å². The van der Waals surface area contributed by atoms with Crippen LogP contribution in [0.1, 0.15) is 37.8 Å². The number of carbonyl (C=O) groups excluding carboxylic acids is 1. The average Bonchev–Trinajstić information content (AvgIpc) is 2.77. The number of halogens is 1. The van der Waals surface area contributed by atoms with Crippen LogP contribution in [0.15, 0.2) is 42.6 Å². The lowest BCUT2D eigenvalue weighted by Crippen LogP contribution is -2.51. The van der Waals surface area contributed by atoms with Crippen LogP contribution in [0.25, 0.3) is 22.0 Å². The first-order valence-corrected chi connectivity index (χ1v) is 11.4. The van der Waals surface area contributed by atoms with Gasteiger partial charge in [0, 0.05) is 30.7 Å². The minimum Gasteiger partial charge on any atom is -0.481 e. The molecule has 1 aliphatic heterocycles. The number of hydrogen-bond donors (Lipinski definition) is 1. The molecule has 2 heterocycles. The van der Waals surface area contributed by atoms with Crippen molar-refractivity contribution >= 4 is 22.8 Å². The number of amides is 1. The molecular weight excluding hydrogens is 435 g/mol. The molecule has 2 atom stereocenters. The van der Waals surface area contributed by atoms with Crippen LogP contribution in [0.2, 0.25) is 0 Å². The number of carbonyl (C=O) groups is 2. The fourth-order valence-electron chi connectivity index (χ4n) is 4.87. The number of aromatic nitrogens is 1. The summed E-state index contributed by atoms with van der Waals surface area (Å²) in [6.07, 6.45) is 2.14. The van der Waals surface area contributed by atoms with E-state index in [4.69, 9.17) is 4.74 Å². The second-order valence-corrected chi connectivity index (χ2v) is 9.44. The Labute approximate surface area is 198 Å². The van der Waals surface area contributed by atoms with E-state index < -0.39 is 17.5 Å². The first-order chi connectivity index (χ1) is 16.1. The summed E-state index contributed by atoms with van der Waals surface area (Å²) in [5.74, 6) is -0.875. The molecule has 0 radical (unpaired) electrons. The van der Waals surface area contributed by atoms with Crippen LogP contribution in [0.5, 0.6) is 5.75 Å². The van der Waals surface area contributed by atoms with Crippen molar-refractivity contribution in [1.82, 2.24) is 9.88 Å². The number of likely N-dealkylation sites (tertiary alicyclic amines) is 1. The monoisotopic (exact) mass is 464 g/mol. The lowest BCUT2D eigenvalue weighted by atomic mass is 9.82. The third kappa shape index (κ3) is 4.47. The number of piperidine rings is 1. The number of benzene rings is 2. The van der Waals surface area contributed by atoms with Crippen LogP contribution >= 0.6 is 0 Å². The molecule has 0 saturated carbocycles. The fourth-order valence-corrected chi connectivity index (χ4v) is 4.87. The Balaban J connectivity index is 1.57. The molecule has 6 nitrogen and oxygen atoms in total. The number of hydrogen-bond acceptors (Lipinski definition) is 4. The first-order valence-electron chi connectivity index (χ1n) is 11.4. The number of ether oxygens (including phenoxy) is 1. The molecule has 1 N–H and O–H groups in total. The maximum Gasteiger partial charge on any atom is 0.311 e. The van der Waals surface area contributed by atoms with Gasteiger partial charge in [0.1, 0.15) is 11.6 Å². The molecule has 2 aromatic carbocycles. The van der Waals surface area contributed by atoms with E-state index >= 15 is 0 Å². The lowest BCUT2D eigenvalue weighted by Gasteiger charge is -2.38. The van der Waals surface area contributed by atoms with Gasteiger partial charge < -0.3 is 14.7 Å². The van der Waals surface area contributed by atoms with Crippen LogP contribution in [0.4, 0.5) is 4.39 Å². The minimum absolute atomic E-state index is 0.174. The van der Waals surface area contributed by atoms with E-state index in [1.807, 2.05) is 26.0 Å². The topological polar surface area (TPSA) is 79.7 Å². The van der Waals surface area contributed by atoms with Gasteiger partial charge in [0.15, 0.2) is 6.10 Å². The molecule has 1 aliphatic rings. The van der Waals surface area contributed by atoms with E-state index in [-0.39, 0.29) is 18.3 Å².